The van der Waals surface area contributed by atoms with Crippen LogP contribution in [0.1, 0.15) is 36.0 Å². The fraction of sp³-hybridized carbons (Fsp3) is 0.300. The van der Waals surface area contributed by atoms with E-state index in [9.17, 15) is 4.79 Å². The van der Waals surface area contributed by atoms with Gasteiger partial charge in [0.05, 0.1) is 18.9 Å². The zero-order chi connectivity index (χ0) is 19.3. The number of hydrogen-bond acceptors (Lipinski definition) is 6. The Bertz CT molecular complexity index is 952. The van der Waals surface area contributed by atoms with E-state index < -0.39 is 0 Å². The number of ether oxygens (including phenoxy) is 2. The summed E-state index contributed by atoms with van der Waals surface area (Å²) in [7, 11) is 1.61. The van der Waals surface area contributed by atoms with Crippen LogP contribution < -0.4 is 14.8 Å². The number of aromatic nitrogens is 4. The molecule has 4 rings (SSSR count). The molecule has 144 valence electrons. The lowest BCUT2D eigenvalue weighted by molar-refractivity contribution is 0.102. The minimum atomic E-state index is -0.230. The minimum Gasteiger partial charge on any atom is -0.493 e. The van der Waals surface area contributed by atoms with Gasteiger partial charge in [-0.05, 0) is 66.4 Å². The summed E-state index contributed by atoms with van der Waals surface area (Å²) in [6.07, 6.45) is 6.13. The fourth-order valence-corrected chi connectivity index (χ4v) is 3.30. The first kappa shape index (κ1) is 18.0. The lowest BCUT2D eigenvalue weighted by atomic mass is 10.1. The van der Waals surface area contributed by atoms with Gasteiger partial charge in [0.2, 0.25) is 0 Å². The molecule has 0 unspecified atom stereocenters. The van der Waals surface area contributed by atoms with Crippen molar-refractivity contribution in [3.63, 3.8) is 0 Å². The maximum atomic E-state index is 12.7. The van der Waals surface area contributed by atoms with Crippen LogP contribution in [-0.4, -0.2) is 39.3 Å². The summed E-state index contributed by atoms with van der Waals surface area (Å²) in [5.74, 6) is 1.08. The molecule has 1 amide bonds. The average molecular weight is 379 g/mol. The Labute approximate surface area is 162 Å². The summed E-state index contributed by atoms with van der Waals surface area (Å²) in [6, 6.07) is 12.5. The summed E-state index contributed by atoms with van der Waals surface area (Å²) in [5.41, 5.74) is 1.85. The van der Waals surface area contributed by atoms with Crippen molar-refractivity contribution in [1.82, 2.24) is 20.2 Å². The minimum absolute atomic E-state index is 0.202. The highest BCUT2D eigenvalue weighted by Crippen LogP contribution is 2.34. The van der Waals surface area contributed by atoms with Gasteiger partial charge in [0.25, 0.3) is 5.91 Å². The second kappa shape index (κ2) is 8.08. The van der Waals surface area contributed by atoms with Gasteiger partial charge in [0.15, 0.2) is 11.5 Å². The highest BCUT2D eigenvalue weighted by Gasteiger charge is 2.19. The van der Waals surface area contributed by atoms with E-state index in [1.807, 2.05) is 6.07 Å². The Morgan fingerprint density at radius 2 is 2.00 bits per heavy atom. The number of benzene rings is 2. The van der Waals surface area contributed by atoms with Crippen molar-refractivity contribution in [2.45, 2.75) is 31.8 Å². The highest BCUT2D eigenvalue weighted by molar-refractivity contribution is 6.04. The van der Waals surface area contributed by atoms with Crippen molar-refractivity contribution in [3.05, 3.63) is 54.4 Å². The van der Waals surface area contributed by atoms with Crippen LogP contribution in [0.4, 0.5) is 5.69 Å². The molecule has 0 spiro atoms. The molecule has 28 heavy (non-hydrogen) atoms. The van der Waals surface area contributed by atoms with E-state index in [1.54, 1.807) is 43.5 Å². The first-order chi connectivity index (χ1) is 13.7. The van der Waals surface area contributed by atoms with Crippen LogP contribution in [0.5, 0.6) is 11.5 Å². The quantitative estimate of drug-likeness (QED) is 0.707. The third kappa shape index (κ3) is 3.95. The summed E-state index contributed by atoms with van der Waals surface area (Å²) in [4.78, 5) is 12.7. The molecule has 1 saturated carbocycles. The number of tetrazole rings is 1. The van der Waals surface area contributed by atoms with Gasteiger partial charge in [-0.25, -0.2) is 4.68 Å². The molecule has 0 saturated heterocycles. The normalized spacial score (nSPS) is 14.0. The molecule has 0 radical (unpaired) electrons. The van der Waals surface area contributed by atoms with E-state index in [2.05, 4.69) is 20.8 Å². The SMILES string of the molecule is COc1ccc(NC(=O)c2cccc(-n3cnnn3)c2)cc1OC1CCCC1. The summed E-state index contributed by atoms with van der Waals surface area (Å²) in [6.45, 7) is 0. The molecule has 3 aromatic rings. The lowest BCUT2D eigenvalue weighted by Crippen LogP contribution is -2.14. The molecule has 1 fully saturated rings. The lowest BCUT2D eigenvalue weighted by Gasteiger charge is -2.17. The van der Waals surface area contributed by atoms with Crippen molar-refractivity contribution in [1.29, 1.82) is 0 Å². The molecule has 1 N–H and O–H groups in total. The first-order valence-corrected chi connectivity index (χ1v) is 9.22. The monoisotopic (exact) mass is 379 g/mol. The van der Waals surface area contributed by atoms with E-state index in [-0.39, 0.29) is 12.0 Å². The van der Waals surface area contributed by atoms with Crippen molar-refractivity contribution < 1.29 is 14.3 Å². The van der Waals surface area contributed by atoms with Gasteiger partial charge in [0, 0.05) is 17.3 Å². The van der Waals surface area contributed by atoms with Crippen LogP contribution in [0.15, 0.2) is 48.8 Å². The molecule has 0 aliphatic heterocycles. The number of amides is 1. The summed E-state index contributed by atoms with van der Waals surface area (Å²) in [5, 5.41) is 14.0. The van der Waals surface area contributed by atoms with E-state index in [0.717, 1.165) is 12.8 Å². The zero-order valence-corrected chi connectivity index (χ0v) is 15.5. The van der Waals surface area contributed by atoms with Gasteiger partial charge >= 0.3 is 0 Å². The van der Waals surface area contributed by atoms with Crippen molar-refractivity contribution in [3.8, 4) is 17.2 Å². The predicted molar refractivity (Wildman–Crippen MR) is 103 cm³/mol. The summed E-state index contributed by atoms with van der Waals surface area (Å²) < 4.78 is 13.0. The van der Waals surface area contributed by atoms with Crippen LogP contribution in [-0.2, 0) is 0 Å². The number of nitrogens with zero attached hydrogens (tertiary/aromatic N) is 4. The molecule has 1 aromatic heterocycles. The van der Waals surface area contributed by atoms with Gasteiger partial charge in [-0.1, -0.05) is 6.07 Å². The molecule has 8 nitrogen and oxygen atoms in total. The highest BCUT2D eigenvalue weighted by atomic mass is 16.5. The number of carbonyl (C=O) groups is 1. The molecular weight excluding hydrogens is 358 g/mol. The predicted octanol–water partition coefficient (Wildman–Crippen LogP) is 3.24. The Balaban J connectivity index is 1.52. The van der Waals surface area contributed by atoms with Crippen molar-refractivity contribution >= 4 is 11.6 Å². The molecule has 0 bridgehead atoms. The van der Waals surface area contributed by atoms with Crippen LogP contribution >= 0.6 is 0 Å². The van der Waals surface area contributed by atoms with Crippen LogP contribution in [0.3, 0.4) is 0 Å². The number of nitrogens with one attached hydrogen (secondary N) is 1. The van der Waals surface area contributed by atoms with Crippen molar-refractivity contribution in [2.24, 2.45) is 0 Å². The van der Waals surface area contributed by atoms with Gasteiger partial charge in [-0.15, -0.1) is 5.10 Å². The molecule has 1 heterocycles. The van der Waals surface area contributed by atoms with Gasteiger partial charge in [-0.2, -0.15) is 0 Å². The Morgan fingerprint density at radius 1 is 1.14 bits per heavy atom. The number of hydrogen-bond donors (Lipinski definition) is 1. The maximum absolute atomic E-state index is 12.7. The van der Waals surface area contributed by atoms with Gasteiger partial charge < -0.3 is 14.8 Å². The van der Waals surface area contributed by atoms with Gasteiger partial charge in [0.1, 0.15) is 6.33 Å². The van der Waals surface area contributed by atoms with Crippen LogP contribution in [0, 0.1) is 0 Å². The number of carbonyl (C=O) groups excluding carboxylic acids is 1. The molecular formula is C20H21N5O3. The number of methoxy groups -OCH3 is 1. The Kier molecular flexibility index (Phi) is 5.18. The third-order valence-electron chi connectivity index (χ3n) is 4.74. The van der Waals surface area contributed by atoms with Crippen LogP contribution in [0.25, 0.3) is 5.69 Å². The molecule has 1 aliphatic rings. The fourth-order valence-electron chi connectivity index (χ4n) is 3.30. The second-order valence-electron chi connectivity index (χ2n) is 6.65. The van der Waals surface area contributed by atoms with E-state index in [1.165, 1.54) is 23.9 Å². The second-order valence-corrected chi connectivity index (χ2v) is 6.65. The van der Waals surface area contributed by atoms with E-state index in [4.69, 9.17) is 9.47 Å². The largest absolute Gasteiger partial charge is 0.493 e. The Morgan fingerprint density at radius 3 is 2.75 bits per heavy atom. The van der Waals surface area contributed by atoms with Gasteiger partial charge in [-0.3, -0.25) is 4.79 Å². The smallest absolute Gasteiger partial charge is 0.255 e. The van der Waals surface area contributed by atoms with Crippen molar-refractivity contribution in [2.75, 3.05) is 12.4 Å². The number of anilines is 1. The Hall–Kier alpha value is -3.42. The first-order valence-electron chi connectivity index (χ1n) is 9.22. The molecule has 2 aromatic carbocycles. The molecule has 1 aliphatic carbocycles. The van der Waals surface area contributed by atoms with E-state index in [0.29, 0.717) is 28.4 Å². The molecule has 0 atom stereocenters. The van der Waals surface area contributed by atoms with Crippen LogP contribution in [0.2, 0.25) is 0 Å². The third-order valence-corrected chi connectivity index (χ3v) is 4.74. The standard InChI is InChI=1S/C20H21N5O3/c1-27-18-10-9-15(12-19(18)28-17-7-2-3-8-17)22-20(26)14-5-4-6-16(11-14)25-13-21-23-24-25/h4-6,9-13,17H,2-3,7-8H2,1H3,(H,22,26). The zero-order valence-electron chi connectivity index (χ0n) is 15.5. The summed E-state index contributed by atoms with van der Waals surface area (Å²) >= 11 is 0. The topological polar surface area (TPSA) is 91.2 Å². The number of rotatable bonds is 6. The van der Waals surface area contributed by atoms with E-state index >= 15 is 0 Å². The maximum Gasteiger partial charge on any atom is 0.255 e. The average Bonchev–Trinajstić information content (AvgIpc) is 3.43. The molecule has 8 heteroatoms.